The Morgan fingerprint density at radius 2 is 1.25 bits per heavy atom. The molecule has 1 unspecified atom stereocenters. The maximum atomic E-state index is 10.3. The van der Waals surface area contributed by atoms with Gasteiger partial charge < -0.3 is 4.79 Å². The van der Waals surface area contributed by atoms with Gasteiger partial charge in [-0.05, 0) is 12.2 Å². The van der Waals surface area contributed by atoms with Gasteiger partial charge in [-0.3, -0.25) is 0 Å². The normalized spacial score (nSPS) is 12.5. The summed E-state index contributed by atoms with van der Waals surface area (Å²) in [5.74, 6) is 1.23. The molecule has 0 aliphatic carbocycles. The lowest BCUT2D eigenvalue weighted by molar-refractivity contribution is -0.107. The number of aldehydes is 1. The molecule has 2 heteroatoms. The second-order valence-corrected chi connectivity index (χ2v) is 7.52. The average molecular weight is 301 g/mol. The largest absolute Gasteiger partial charge is 0.303 e. The van der Waals surface area contributed by atoms with Gasteiger partial charge in [0, 0.05) is 11.7 Å². The lowest BCUT2D eigenvalue weighted by Crippen LogP contribution is -1.97. The standard InChI is InChI=1S/C18H36OS/c1-3-4-5-6-7-8-9-10-11-12-13-14-17-20-18(2)15-16-19/h16,18H,3-15,17H2,1-2H3. The maximum Gasteiger partial charge on any atom is 0.121 e. The van der Waals surface area contributed by atoms with Crippen LogP contribution >= 0.6 is 11.8 Å². The van der Waals surface area contributed by atoms with Gasteiger partial charge in [0.15, 0.2) is 0 Å². The van der Waals surface area contributed by atoms with Crippen LogP contribution in [0.4, 0.5) is 0 Å². The molecule has 0 rings (SSSR count). The van der Waals surface area contributed by atoms with Gasteiger partial charge in [0.05, 0.1) is 0 Å². The molecule has 0 N–H and O–H groups in total. The highest BCUT2D eigenvalue weighted by Crippen LogP contribution is 2.16. The molecule has 1 nitrogen and oxygen atoms in total. The molecule has 1 atom stereocenters. The number of carbonyl (C=O) groups excluding carboxylic acids is 1. The third kappa shape index (κ3) is 16.1. The molecule has 0 heterocycles. The van der Waals surface area contributed by atoms with Crippen molar-refractivity contribution < 1.29 is 4.79 Å². The molecule has 0 radical (unpaired) electrons. The zero-order valence-electron chi connectivity index (χ0n) is 13.9. The van der Waals surface area contributed by atoms with E-state index in [9.17, 15) is 4.79 Å². The third-order valence-electron chi connectivity index (χ3n) is 3.83. The van der Waals surface area contributed by atoms with Crippen LogP contribution in [0.15, 0.2) is 0 Å². The van der Waals surface area contributed by atoms with Gasteiger partial charge in [0.2, 0.25) is 0 Å². The molecule has 0 spiro atoms. The molecule has 120 valence electrons. The van der Waals surface area contributed by atoms with Crippen molar-refractivity contribution in [3.05, 3.63) is 0 Å². The van der Waals surface area contributed by atoms with Crippen molar-refractivity contribution >= 4 is 18.0 Å². The van der Waals surface area contributed by atoms with Crippen LogP contribution in [-0.2, 0) is 4.79 Å². The van der Waals surface area contributed by atoms with Gasteiger partial charge in [0.25, 0.3) is 0 Å². The van der Waals surface area contributed by atoms with Crippen LogP contribution in [0.5, 0.6) is 0 Å². The van der Waals surface area contributed by atoms with E-state index in [0.717, 1.165) is 6.29 Å². The van der Waals surface area contributed by atoms with Crippen molar-refractivity contribution in [1.82, 2.24) is 0 Å². The Morgan fingerprint density at radius 1 is 0.800 bits per heavy atom. The van der Waals surface area contributed by atoms with E-state index in [1.807, 2.05) is 11.8 Å². The van der Waals surface area contributed by atoms with E-state index in [0.29, 0.717) is 11.7 Å². The highest BCUT2D eigenvalue weighted by molar-refractivity contribution is 7.99. The molecule has 0 saturated carbocycles. The Morgan fingerprint density at radius 3 is 1.70 bits per heavy atom. The van der Waals surface area contributed by atoms with Crippen LogP contribution in [0, 0.1) is 0 Å². The molecular formula is C18H36OS. The highest BCUT2D eigenvalue weighted by Gasteiger charge is 2.00. The zero-order valence-corrected chi connectivity index (χ0v) is 14.7. The van der Waals surface area contributed by atoms with Gasteiger partial charge in [-0.2, -0.15) is 11.8 Å². The number of hydrogen-bond acceptors (Lipinski definition) is 2. The van der Waals surface area contributed by atoms with Crippen molar-refractivity contribution in [2.24, 2.45) is 0 Å². The van der Waals surface area contributed by atoms with E-state index >= 15 is 0 Å². The first-order valence-corrected chi connectivity index (χ1v) is 9.91. The number of hydrogen-bond donors (Lipinski definition) is 0. The van der Waals surface area contributed by atoms with E-state index in [2.05, 4.69) is 13.8 Å². The van der Waals surface area contributed by atoms with Gasteiger partial charge in [0.1, 0.15) is 6.29 Å². The first-order valence-electron chi connectivity index (χ1n) is 8.86. The summed E-state index contributed by atoms with van der Waals surface area (Å²) in [6, 6.07) is 0. The molecule has 0 amide bonds. The van der Waals surface area contributed by atoms with Crippen molar-refractivity contribution in [2.45, 2.75) is 103 Å². The van der Waals surface area contributed by atoms with Crippen LogP contribution in [0.1, 0.15) is 97.3 Å². The molecule has 0 bridgehead atoms. The Balaban J connectivity index is 3.01. The Kier molecular flexibility index (Phi) is 17.1. The summed E-state index contributed by atoms with van der Waals surface area (Å²) in [6.07, 6.45) is 18.7. The number of unbranched alkanes of at least 4 members (excludes halogenated alkanes) is 11. The smallest absolute Gasteiger partial charge is 0.121 e. The minimum Gasteiger partial charge on any atom is -0.303 e. The van der Waals surface area contributed by atoms with Crippen LogP contribution in [-0.4, -0.2) is 17.3 Å². The quantitative estimate of drug-likeness (QED) is 0.242. The SMILES string of the molecule is CCCCCCCCCCCCCCSC(C)CC=O. The number of rotatable bonds is 16. The molecule has 0 aromatic rings. The van der Waals surface area contributed by atoms with Gasteiger partial charge in [-0.1, -0.05) is 84.5 Å². The minimum atomic E-state index is 0.514. The highest BCUT2D eigenvalue weighted by atomic mass is 32.2. The predicted molar refractivity (Wildman–Crippen MR) is 93.7 cm³/mol. The Hall–Kier alpha value is 0.0200. The van der Waals surface area contributed by atoms with E-state index in [1.54, 1.807) is 0 Å². The van der Waals surface area contributed by atoms with Crippen LogP contribution in [0.25, 0.3) is 0 Å². The van der Waals surface area contributed by atoms with E-state index in [-0.39, 0.29) is 0 Å². The molecule has 0 aromatic carbocycles. The summed E-state index contributed by atoms with van der Waals surface area (Å²) >= 11 is 1.95. The molecular weight excluding hydrogens is 264 g/mol. The molecule has 0 aliphatic rings. The van der Waals surface area contributed by atoms with E-state index in [1.165, 1.54) is 82.8 Å². The van der Waals surface area contributed by atoms with Crippen LogP contribution < -0.4 is 0 Å². The van der Waals surface area contributed by atoms with Crippen molar-refractivity contribution in [3.63, 3.8) is 0 Å². The number of thioether (sulfide) groups is 1. The van der Waals surface area contributed by atoms with Crippen molar-refractivity contribution in [3.8, 4) is 0 Å². The first kappa shape index (κ1) is 20.0. The molecule has 0 fully saturated rings. The van der Waals surface area contributed by atoms with Crippen molar-refractivity contribution in [2.75, 3.05) is 5.75 Å². The fourth-order valence-electron chi connectivity index (χ4n) is 2.43. The summed E-state index contributed by atoms with van der Waals surface area (Å²) in [7, 11) is 0. The predicted octanol–water partition coefficient (Wildman–Crippen LogP) is 6.40. The maximum absolute atomic E-state index is 10.3. The topological polar surface area (TPSA) is 17.1 Å². The number of carbonyl (C=O) groups is 1. The summed E-state index contributed by atoms with van der Waals surface area (Å²) in [5, 5.41) is 0.514. The first-order chi connectivity index (χ1) is 9.81. The van der Waals surface area contributed by atoms with E-state index in [4.69, 9.17) is 0 Å². The van der Waals surface area contributed by atoms with Gasteiger partial charge >= 0.3 is 0 Å². The lowest BCUT2D eigenvalue weighted by Gasteiger charge is -2.07. The Labute approximate surface area is 131 Å². The fraction of sp³-hybridized carbons (Fsp3) is 0.944. The van der Waals surface area contributed by atoms with Gasteiger partial charge in [-0.25, -0.2) is 0 Å². The summed E-state index contributed by atoms with van der Waals surface area (Å²) in [6.45, 7) is 4.43. The molecule has 0 aromatic heterocycles. The molecule has 20 heavy (non-hydrogen) atoms. The molecule has 0 saturated heterocycles. The van der Waals surface area contributed by atoms with Crippen LogP contribution in [0.3, 0.4) is 0 Å². The third-order valence-corrected chi connectivity index (χ3v) is 5.11. The average Bonchev–Trinajstić information content (AvgIpc) is 2.44. The summed E-state index contributed by atoms with van der Waals surface area (Å²) < 4.78 is 0. The Bertz CT molecular complexity index is 194. The second kappa shape index (κ2) is 17.1. The fourth-order valence-corrected chi connectivity index (χ4v) is 3.42. The van der Waals surface area contributed by atoms with Crippen LogP contribution in [0.2, 0.25) is 0 Å². The van der Waals surface area contributed by atoms with Gasteiger partial charge in [-0.15, -0.1) is 0 Å². The monoisotopic (exact) mass is 300 g/mol. The lowest BCUT2D eigenvalue weighted by atomic mass is 10.1. The summed E-state index contributed by atoms with van der Waals surface area (Å²) in [5.41, 5.74) is 0. The second-order valence-electron chi connectivity index (χ2n) is 5.97. The zero-order chi connectivity index (χ0) is 14.9. The van der Waals surface area contributed by atoms with E-state index < -0.39 is 0 Å². The minimum absolute atomic E-state index is 0.514. The molecule has 0 aliphatic heterocycles. The van der Waals surface area contributed by atoms with Crippen molar-refractivity contribution in [1.29, 1.82) is 0 Å². The summed E-state index contributed by atoms with van der Waals surface area (Å²) in [4.78, 5) is 10.3.